The number of aromatic hydroxyl groups is 2. The second-order valence-corrected chi connectivity index (χ2v) is 10.3. The molecule has 4 aromatic carbocycles. The van der Waals surface area contributed by atoms with Gasteiger partial charge in [-0.2, -0.15) is 0 Å². The number of carbonyl (C=O) groups excluding carboxylic acids is 4. The van der Waals surface area contributed by atoms with Crippen molar-refractivity contribution in [3.8, 4) is 68.6 Å². The minimum atomic E-state index is -1.09. The van der Waals surface area contributed by atoms with Gasteiger partial charge in [-0.1, -0.05) is 0 Å². The summed E-state index contributed by atoms with van der Waals surface area (Å²) in [6, 6.07) is 9.60. The molecule has 0 bridgehead atoms. The third-order valence-electron chi connectivity index (χ3n) is 7.67. The van der Waals surface area contributed by atoms with E-state index < -0.39 is 34.6 Å². The van der Waals surface area contributed by atoms with Crippen LogP contribution in [0.25, 0.3) is 11.1 Å². The van der Waals surface area contributed by atoms with Gasteiger partial charge in [-0.25, -0.2) is 0 Å². The van der Waals surface area contributed by atoms with E-state index in [9.17, 15) is 29.4 Å². The Balaban J connectivity index is 1.49. The van der Waals surface area contributed by atoms with Crippen LogP contribution in [0.5, 0.6) is 57.5 Å². The first-order valence-corrected chi connectivity index (χ1v) is 14.1. The van der Waals surface area contributed by atoms with Gasteiger partial charge in [0.05, 0.1) is 28.4 Å². The van der Waals surface area contributed by atoms with Gasteiger partial charge in [-0.15, -0.1) is 0 Å². The number of rotatable bonds is 11. The minimum Gasteiger partial charge on any atom is -0.504 e. The van der Waals surface area contributed by atoms with Crippen LogP contribution in [0.4, 0.5) is 0 Å². The number of ketones is 4. The maximum absolute atomic E-state index is 14.0. The van der Waals surface area contributed by atoms with Crippen molar-refractivity contribution in [2.45, 2.75) is 0 Å². The van der Waals surface area contributed by atoms with Crippen LogP contribution >= 0.6 is 0 Å². The molecule has 48 heavy (non-hydrogen) atoms. The fraction of sp³-hybridized carbons (Fsp3) is 0.176. The fourth-order valence-electron chi connectivity index (χ4n) is 5.31. The number of phenolic OH excluding ortho intramolecular Hbond substituents is 2. The highest BCUT2D eigenvalue weighted by molar-refractivity contribution is 6.52. The third-order valence-corrected chi connectivity index (χ3v) is 7.67. The van der Waals surface area contributed by atoms with Gasteiger partial charge in [-0.3, -0.25) is 19.2 Å². The van der Waals surface area contributed by atoms with Gasteiger partial charge < -0.3 is 48.1 Å². The number of Topliss-reactive ketones (excluding diaryl/α,β-unsaturated/α-hetero) is 4. The summed E-state index contributed by atoms with van der Waals surface area (Å²) < 4.78 is 42.5. The lowest BCUT2D eigenvalue weighted by Crippen LogP contribution is -2.18. The number of ether oxygens (including phenoxy) is 8. The van der Waals surface area contributed by atoms with Crippen LogP contribution in [-0.4, -0.2) is 75.4 Å². The van der Waals surface area contributed by atoms with E-state index in [2.05, 4.69) is 0 Å². The highest BCUT2D eigenvalue weighted by Gasteiger charge is 2.32. The van der Waals surface area contributed by atoms with Crippen LogP contribution in [0.2, 0.25) is 0 Å². The Morgan fingerprint density at radius 2 is 0.875 bits per heavy atom. The van der Waals surface area contributed by atoms with Gasteiger partial charge in [0.15, 0.2) is 46.0 Å². The molecular formula is C34H26O14. The molecule has 0 radical (unpaired) electrons. The summed E-state index contributed by atoms with van der Waals surface area (Å²) in [6.45, 7) is -0.238. The Morgan fingerprint density at radius 3 is 1.23 bits per heavy atom. The first kappa shape index (κ1) is 31.5. The molecule has 0 fully saturated rings. The molecule has 0 aromatic heterocycles. The number of fused-ring (bicyclic) bond motifs is 2. The Morgan fingerprint density at radius 1 is 0.500 bits per heavy atom. The maximum atomic E-state index is 14.0. The molecule has 0 spiro atoms. The SMILES string of the molecule is COc1cc(C(=O)C(=O)c2cc(OC)c3c(c2)OCO3)c(-c2cc(O)c(OC)cc2C(=O)C(=O)c2cc(OC)c3c(c2)OCO3)cc1O. The number of hydrogen-bond donors (Lipinski definition) is 2. The third kappa shape index (κ3) is 5.28. The van der Waals surface area contributed by atoms with E-state index >= 15 is 0 Å². The predicted octanol–water partition coefficient (Wildman–Crippen LogP) is 4.39. The summed E-state index contributed by atoms with van der Waals surface area (Å²) >= 11 is 0. The topological polar surface area (TPSA) is 183 Å². The van der Waals surface area contributed by atoms with Gasteiger partial charge >= 0.3 is 0 Å². The van der Waals surface area contributed by atoms with Crippen molar-refractivity contribution in [3.05, 3.63) is 70.8 Å². The molecule has 14 heteroatoms. The fourth-order valence-corrected chi connectivity index (χ4v) is 5.31. The van der Waals surface area contributed by atoms with Crippen molar-refractivity contribution in [1.29, 1.82) is 0 Å². The Hall–Kier alpha value is -6.44. The molecule has 0 atom stereocenters. The van der Waals surface area contributed by atoms with E-state index in [0.717, 1.165) is 24.3 Å². The summed E-state index contributed by atoms with van der Waals surface area (Å²) in [4.78, 5) is 55.3. The lowest BCUT2D eigenvalue weighted by Gasteiger charge is -2.17. The highest BCUT2D eigenvalue weighted by Crippen LogP contribution is 2.45. The normalized spacial score (nSPS) is 12.3. The van der Waals surface area contributed by atoms with E-state index in [1.54, 1.807) is 0 Å². The average Bonchev–Trinajstić information content (AvgIpc) is 3.79. The molecule has 6 rings (SSSR count). The van der Waals surface area contributed by atoms with Crippen molar-refractivity contribution >= 4 is 23.1 Å². The van der Waals surface area contributed by atoms with E-state index in [-0.39, 0.29) is 93.0 Å². The molecule has 2 N–H and O–H groups in total. The second kappa shape index (κ2) is 12.4. The van der Waals surface area contributed by atoms with Crippen LogP contribution in [0.15, 0.2) is 48.5 Å². The summed E-state index contributed by atoms with van der Waals surface area (Å²) in [6.07, 6.45) is 0. The molecule has 2 aliphatic heterocycles. The molecule has 0 saturated heterocycles. The van der Waals surface area contributed by atoms with Crippen molar-refractivity contribution in [2.24, 2.45) is 0 Å². The van der Waals surface area contributed by atoms with Crippen LogP contribution in [-0.2, 0) is 0 Å². The molecule has 0 unspecified atom stereocenters. The highest BCUT2D eigenvalue weighted by atomic mass is 16.7. The average molecular weight is 659 g/mol. The lowest BCUT2D eigenvalue weighted by molar-refractivity contribution is 0.0815. The molecule has 2 aliphatic rings. The van der Waals surface area contributed by atoms with Gasteiger partial charge in [0.25, 0.3) is 0 Å². The van der Waals surface area contributed by atoms with Crippen LogP contribution < -0.4 is 37.9 Å². The zero-order valence-electron chi connectivity index (χ0n) is 25.8. The summed E-state index contributed by atoms with van der Waals surface area (Å²) in [7, 11) is 5.18. The molecule has 0 amide bonds. The quantitative estimate of drug-likeness (QED) is 0.171. The van der Waals surface area contributed by atoms with Crippen molar-refractivity contribution in [3.63, 3.8) is 0 Å². The number of hydrogen-bond acceptors (Lipinski definition) is 14. The number of methoxy groups -OCH3 is 4. The largest absolute Gasteiger partial charge is 0.504 e. The summed E-state index contributed by atoms with van der Waals surface area (Å²) in [5.41, 5.74) is -1.25. The molecule has 14 nitrogen and oxygen atoms in total. The number of benzene rings is 4. The molecule has 4 aromatic rings. The van der Waals surface area contributed by atoms with Crippen molar-refractivity contribution in [2.75, 3.05) is 42.0 Å². The van der Waals surface area contributed by atoms with Gasteiger partial charge in [0.1, 0.15) is 0 Å². The predicted molar refractivity (Wildman–Crippen MR) is 164 cm³/mol. The first-order chi connectivity index (χ1) is 23.1. The summed E-state index contributed by atoms with van der Waals surface area (Å²) in [5.74, 6) is -4.33. The molecule has 2 heterocycles. The van der Waals surface area contributed by atoms with Crippen LogP contribution in [0.3, 0.4) is 0 Å². The van der Waals surface area contributed by atoms with E-state index in [1.165, 1.54) is 52.7 Å². The van der Waals surface area contributed by atoms with E-state index in [0.29, 0.717) is 0 Å². The smallest absolute Gasteiger partial charge is 0.234 e. The Bertz CT molecular complexity index is 1880. The van der Waals surface area contributed by atoms with E-state index in [4.69, 9.17) is 37.9 Å². The van der Waals surface area contributed by atoms with Crippen LogP contribution in [0, 0.1) is 0 Å². The summed E-state index contributed by atoms with van der Waals surface area (Å²) in [5, 5.41) is 21.6. The number of carbonyl (C=O) groups is 4. The molecule has 0 aliphatic carbocycles. The number of phenols is 2. The Labute approximate surface area is 271 Å². The molecule has 0 saturated carbocycles. The molecule has 246 valence electrons. The van der Waals surface area contributed by atoms with Gasteiger partial charge in [-0.05, 0) is 59.7 Å². The zero-order chi connectivity index (χ0) is 34.3. The van der Waals surface area contributed by atoms with Crippen molar-refractivity contribution in [1.82, 2.24) is 0 Å². The monoisotopic (exact) mass is 658 g/mol. The van der Waals surface area contributed by atoms with Gasteiger partial charge in [0, 0.05) is 22.3 Å². The lowest BCUT2D eigenvalue weighted by atomic mass is 9.87. The molecular weight excluding hydrogens is 632 g/mol. The van der Waals surface area contributed by atoms with Gasteiger partial charge in [0.2, 0.25) is 48.2 Å². The van der Waals surface area contributed by atoms with E-state index in [1.807, 2.05) is 0 Å². The maximum Gasteiger partial charge on any atom is 0.234 e. The second-order valence-electron chi connectivity index (χ2n) is 10.3. The van der Waals surface area contributed by atoms with Crippen LogP contribution in [0.1, 0.15) is 41.4 Å². The zero-order valence-corrected chi connectivity index (χ0v) is 25.8. The standard InChI is InChI=1S/C34H26O14/c1-41-23-11-19(31(39)29(37)15-5-25(43-3)33-27(7-15)45-13-47-33)17(9-21(23)35)18-10-22(36)24(42-2)12-20(18)32(40)30(38)16-6-26(44-4)34-28(8-16)46-14-48-34/h5-12,35-36H,13-14H2,1-4H3. The minimum absolute atomic E-state index is 0.111. The van der Waals surface area contributed by atoms with Crippen molar-refractivity contribution < 1.29 is 67.3 Å². The first-order valence-electron chi connectivity index (χ1n) is 14.1. The Kier molecular flexibility index (Phi) is 8.14.